The minimum Gasteiger partial charge on any atom is -0.322 e. The van der Waals surface area contributed by atoms with Gasteiger partial charge in [0.15, 0.2) is 0 Å². The predicted molar refractivity (Wildman–Crippen MR) is 40.2 cm³/mol. The molecule has 1 aliphatic rings. The third-order valence-electron chi connectivity index (χ3n) is 2.12. The quantitative estimate of drug-likeness (QED) is 0.532. The van der Waals surface area contributed by atoms with E-state index in [1.54, 1.807) is 0 Å². The molecule has 0 amide bonds. The lowest BCUT2D eigenvalue weighted by Crippen LogP contribution is -2.37. The van der Waals surface area contributed by atoms with Crippen molar-refractivity contribution in [3.05, 3.63) is 12.2 Å². The molecule has 0 aliphatic heterocycles. The normalized spacial score (nSPS) is 34.9. The Bertz CT molecular complexity index is 118. The van der Waals surface area contributed by atoms with Gasteiger partial charge in [0.25, 0.3) is 0 Å². The topological polar surface area (TPSA) is 26.0 Å². The lowest BCUT2D eigenvalue weighted by Gasteiger charge is -2.26. The number of rotatable bonds is 1. The van der Waals surface area contributed by atoms with E-state index in [4.69, 9.17) is 5.73 Å². The molecular formula is C8H15N. The molecule has 1 aliphatic carbocycles. The molecule has 2 N–H and O–H groups in total. The highest BCUT2D eigenvalue weighted by atomic mass is 14.7. The van der Waals surface area contributed by atoms with Crippen LogP contribution in [-0.2, 0) is 0 Å². The van der Waals surface area contributed by atoms with E-state index in [1.165, 1.54) is 19.3 Å². The molecule has 0 aromatic rings. The molecule has 52 valence electrons. The zero-order chi connectivity index (χ0) is 6.74. The molecule has 0 saturated heterocycles. The Hall–Kier alpha value is -0.300. The van der Waals surface area contributed by atoms with Crippen LogP contribution in [-0.4, -0.2) is 5.54 Å². The van der Waals surface area contributed by atoms with Crippen molar-refractivity contribution in [2.24, 2.45) is 5.73 Å². The number of nitrogens with two attached hydrogens (primary N) is 1. The number of hydrogen-bond donors (Lipinski definition) is 1. The monoisotopic (exact) mass is 125 g/mol. The van der Waals surface area contributed by atoms with Crippen LogP contribution < -0.4 is 5.73 Å². The van der Waals surface area contributed by atoms with Crippen LogP contribution in [0.25, 0.3) is 0 Å². The SMILES string of the molecule is CCC1(N)C=CCCC1. The summed E-state index contributed by atoms with van der Waals surface area (Å²) in [5.41, 5.74) is 6.01. The average molecular weight is 125 g/mol. The molecule has 0 heterocycles. The van der Waals surface area contributed by atoms with Crippen molar-refractivity contribution in [3.8, 4) is 0 Å². The summed E-state index contributed by atoms with van der Waals surface area (Å²) < 4.78 is 0. The summed E-state index contributed by atoms with van der Waals surface area (Å²) in [7, 11) is 0. The summed E-state index contributed by atoms with van der Waals surface area (Å²) >= 11 is 0. The predicted octanol–water partition coefficient (Wildman–Crippen LogP) is 1.83. The highest BCUT2D eigenvalue weighted by Gasteiger charge is 2.19. The second-order valence-corrected chi connectivity index (χ2v) is 2.88. The van der Waals surface area contributed by atoms with Crippen LogP contribution in [0.3, 0.4) is 0 Å². The molecule has 0 aromatic heterocycles. The second-order valence-electron chi connectivity index (χ2n) is 2.88. The Morgan fingerprint density at radius 2 is 2.44 bits per heavy atom. The van der Waals surface area contributed by atoms with Gasteiger partial charge in [-0.3, -0.25) is 0 Å². The van der Waals surface area contributed by atoms with Crippen molar-refractivity contribution in [3.63, 3.8) is 0 Å². The number of allylic oxidation sites excluding steroid dienone is 1. The van der Waals surface area contributed by atoms with E-state index < -0.39 is 0 Å². The van der Waals surface area contributed by atoms with E-state index in [9.17, 15) is 0 Å². The van der Waals surface area contributed by atoms with Crippen LogP contribution in [0.4, 0.5) is 0 Å². The van der Waals surface area contributed by atoms with Gasteiger partial charge < -0.3 is 5.73 Å². The zero-order valence-electron chi connectivity index (χ0n) is 6.06. The van der Waals surface area contributed by atoms with Crippen LogP contribution in [0.1, 0.15) is 32.6 Å². The Morgan fingerprint density at radius 3 is 2.78 bits per heavy atom. The van der Waals surface area contributed by atoms with Crippen molar-refractivity contribution in [1.29, 1.82) is 0 Å². The molecule has 0 bridgehead atoms. The molecule has 1 unspecified atom stereocenters. The van der Waals surface area contributed by atoms with Crippen molar-refractivity contribution in [1.82, 2.24) is 0 Å². The standard InChI is InChI=1S/C8H15N/c1-2-8(9)6-4-3-5-7-8/h4,6H,2-3,5,7,9H2,1H3. The lowest BCUT2D eigenvalue weighted by molar-refractivity contribution is 0.439. The minimum atomic E-state index is 0.0399. The zero-order valence-corrected chi connectivity index (χ0v) is 6.06. The van der Waals surface area contributed by atoms with Gasteiger partial charge in [-0.15, -0.1) is 0 Å². The molecule has 0 radical (unpaired) electrons. The number of hydrogen-bond acceptors (Lipinski definition) is 1. The van der Waals surface area contributed by atoms with Crippen LogP contribution in [0.5, 0.6) is 0 Å². The summed E-state index contributed by atoms with van der Waals surface area (Å²) in [6, 6.07) is 0. The summed E-state index contributed by atoms with van der Waals surface area (Å²) in [6.45, 7) is 2.15. The van der Waals surface area contributed by atoms with Crippen LogP contribution in [0.2, 0.25) is 0 Å². The van der Waals surface area contributed by atoms with Gasteiger partial charge in [-0.1, -0.05) is 19.1 Å². The Kier molecular flexibility index (Phi) is 1.91. The summed E-state index contributed by atoms with van der Waals surface area (Å²) in [4.78, 5) is 0. The van der Waals surface area contributed by atoms with Gasteiger partial charge in [0.2, 0.25) is 0 Å². The van der Waals surface area contributed by atoms with Crippen molar-refractivity contribution < 1.29 is 0 Å². The van der Waals surface area contributed by atoms with E-state index in [0.29, 0.717) is 0 Å². The molecule has 1 atom stereocenters. The first-order chi connectivity index (χ1) is 4.27. The second kappa shape index (κ2) is 2.53. The fourth-order valence-electron chi connectivity index (χ4n) is 1.25. The van der Waals surface area contributed by atoms with E-state index in [-0.39, 0.29) is 5.54 Å². The van der Waals surface area contributed by atoms with Gasteiger partial charge in [0.05, 0.1) is 0 Å². The molecule has 0 aromatic carbocycles. The maximum absolute atomic E-state index is 5.97. The van der Waals surface area contributed by atoms with Gasteiger partial charge in [-0.2, -0.15) is 0 Å². The van der Waals surface area contributed by atoms with Crippen LogP contribution >= 0.6 is 0 Å². The van der Waals surface area contributed by atoms with Crippen LogP contribution in [0, 0.1) is 0 Å². The van der Waals surface area contributed by atoms with Gasteiger partial charge in [-0.25, -0.2) is 0 Å². The molecule has 0 fully saturated rings. The molecule has 1 heteroatoms. The van der Waals surface area contributed by atoms with Gasteiger partial charge >= 0.3 is 0 Å². The largest absolute Gasteiger partial charge is 0.322 e. The molecule has 9 heavy (non-hydrogen) atoms. The Labute approximate surface area is 56.9 Å². The van der Waals surface area contributed by atoms with E-state index >= 15 is 0 Å². The van der Waals surface area contributed by atoms with Gasteiger partial charge in [-0.05, 0) is 25.7 Å². The first kappa shape index (κ1) is 6.81. The van der Waals surface area contributed by atoms with Crippen LogP contribution in [0.15, 0.2) is 12.2 Å². The van der Waals surface area contributed by atoms with Crippen molar-refractivity contribution >= 4 is 0 Å². The molecule has 1 rings (SSSR count). The fourth-order valence-corrected chi connectivity index (χ4v) is 1.25. The van der Waals surface area contributed by atoms with Crippen molar-refractivity contribution in [2.45, 2.75) is 38.1 Å². The maximum Gasteiger partial charge on any atom is 0.0336 e. The van der Waals surface area contributed by atoms with Gasteiger partial charge in [0, 0.05) is 5.54 Å². The van der Waals surface area contributed by atoms with Crippen molar-refractivity contribution in [2.75, 3.05) is 0 Å². The summed E-state index contributed by atoms with van der Waals surface area (Å²) in [5, 5.41) is 0. The highest BCUT2D eigenvalue weighted by molar-refractivity contribution is 5.07. The first-order valence-corrected chi connectivity index (χ1v) is 3.73. The fraction of sp³-hybridized carbons (Fsp3) is 0.750. The molecular weight excluding hydrogens is 110 g/mol. The third-order valence-corrected chi connectivity index (χ3v) is 2.12. The van der Waals surface area contributed by atoms with E-state index in [1.807, 2.05) is 0 Å². The smallest absolute Gasteiger partial charge is 0.0336 e. The Morgan fingerprint density at radius 1 is 1.67 bits per heavy atom. The maximum atomic E-state index is 5.97. The molecule has 0 spiro atoms. The first-order valence-electron chi connectivity index (χ1n) is 3.73. The van der Waals surface area contributed by atoms with E-state index in [2.05, 4.69) is 19.1 Å². The summed E-state index contributed by atoms with van der Waals surface area (Å²) in [6.07, 6.45) is 9.09. The molecule has 0 saturated carbocycles. The Balaban J connectivity index is 2.56. The lowest BCUT2D eigenvalue weighted by atomic mass is 9.86. The van der Waals surface area contributed by atoms with E-state index in [0.717, 1.165) is 6.42 Å². The van der Waals surface area contributed by atoms with Gasteiger partial charge in [0.1, 0.15) is 0 Å². The molecule has 1 nitrogen and oxygen atoms in total. The third kappa shape index (κ3) is 1.55. The minimum absolute atomic E-state index is 0.0399. The average Bonchev–Trinajstić information content (AvgIpc) is 1.90. The highest BCUT2D eigenvalue weighted by Crippen LogP contribution is 2.21. The summed E-state index contributed by atoms with van der Waals surface area (Å²) in [5.74, 6) is 0.